The van der Waals surface area contributed by atoms with Crippen molar-refractivity contribution in [1.82, 2.24) is 9.97 Å². The Morgan fingerprint density at radius 2 is 1.63 bits per heavy atom. The first-order valence-electron chi connectivity index (χ1n) is 18.1. The fourth-order valence-corrected chi connectivity index (χ4v) is 8.38. The Labute approximate surface area is 317 Å². The van der Waals surface area contributed by atoms with E-state index in [1.165, 1.54) is 29.4 Å². The molecule has 1 aromatic carbocycles. The van der Waals surface area contributed by atoms with Gasteiger partial charge in [-0.25, -0.2) is 28.7 Å². The summed E-state index contributed by atoms with van der Waals surface area (Å²) in [7, 11) is -2.02. The monoisotopic (exact) mass is 767 g/mol. The minimum Gasteiger partial charge on any atom is -0.474 e. The van der Waals surface area contributed by atoms with Crippen molar-refractivity contribution < 1.29 is 42.5 Å². The number of benzene rings is 1. The third-order valence-electron chi connectivity index (χ3n) is 10.4. The fraction of sp³-hybridized carbons (Fsp3) is 0.564. The number of nitrogens with one attached hydrogen (secondary N) is 2. The molecule has 54 heavy (non-hydrogen) atoms. The van der Waals surface area contributed by atoms with Crippen molar-refractivity contribution in [2.45, 2.75) is 130 Å². The van der Waals surface area contributed by atoms with Gasteiger partial charge in [-0.15, -0.1) is 0 Å². The van der Waals surface area contributed by atoms with E-state index in [1.54, 1.807) is 27.7 Å². The number of carbonyl (C=O) groups excluding carboxylic acids is 2. The molecule has 3 aromatic rings. The molecule has 1 fully saturated rings. The van der Waals surface area contributed by atoms with Crippen molar-refractivity contribution in [2.24, 2.45) is 5.41 Å². The van der Waals surface area contributed by atoms with Gasteiger partial charge in [0.1, 0.15) is 29.8 Å². The lowest BCUT2D eigenvalue weighted by molar-refractivity contribution is -0.0911. The van der Waals surface area contributed by atoms with Crippen LogP contribution in [0.1, 0.15) is 87.6 Å². The van der Waals surface area contributed by atoms with Crippen LogP contribution in [0.25, 0.3) is 21.9 Å². The second-order valence-corrected chi connectivity index (χ2v) is 22.9. The molecule has 13 nitrogen and oxygen atoms in total. The van der Waals surface area contributed by atoms with Crippen LogP contribution in [0.4, 0.5) is 36.0 Å². The second kappa shape index (κ2) is 14.0. The van der Waals surface area contributed by atoms with Crippen LogP contribution in [0.5, 0.6) is 5.88 Å². The SMILES string of the molecule is Cc1c(-c2cc3cc(NC(=O)OC4CC(C)(O[Si](C)(C)C(C)(C)C)C4)ncc3c(NC(=O)OC(C)(C)C)c2F)cnc2c1N(C(=O)O)C(C(C)(C)C)CO2. The number of anilines is 3. The van der Waals surface area contributed by atoms with Gasteiger partial charge < -0.3 is 23.7 Å². The molecule has 3 heterocycles. The summed E-state index contributed by atoms with van der Waals surface area (Å²) < 4.78 is 40.4. The largest absolute Gasteiger partial charge is 0.474 e. The standard InChI is InChI=1S/C39H54FN5O8Si/c1-21-25(18-42-32-31(21)45(35(48)49)27(20-50-32)36(2,3)4)24-14-22-15-28(41-19-26(22)30(29(24)40)44-34(47)52-37(5,6)7)43-33(46)51-23-16-39(11,17-23)53-54(12,13)38(8,9)10/h14-15,18-19,23,27H,16-17,20H2,1-13H3,(H,44,47)(H,48,49)(H,41,43,46). The Kier molecular flexibility index (Phi) is 10.5. The minimum absolute atomic E-state index is 0.0137. The van der Waals surface area contributed by atoms with Crippen molar-refractivity contribution in [3.63, 3.8) is 0 Å². The summed E-state index contributed by atoms with van der Waals surface area (Å²) >= 11 is 0. The number of carbonyl (C=O) groups is 3. The molecule has 294 valence electrons. The van der Waals surface area contributed by atoms with Crippen LogP contribution in [-0.2, 0) is 13.9 Å². The van der Waals surface area contributed by atoms with Gasteiger partial charge in [0.25, 0.3) is 0 Å². The van der Waals surface area contributed by atoms with E-state index in [9.17, 15) is 19.5 Å². The topological polar surface area (TPSA) is 161 Å². The number of pyridine rings is 2. The van der Waals surface area contributed by atoms with Crippen LogP contribution in [0.15, 0.2) is 24.5 Å². The Balaban J connectivity index is 1.50. The minimum atomic E-state index is -2.02. The highest BCUT2D eigenvalue weighted by Crippen LogP contribution is 2.47. The molecule has 3 amide bonds. The Bertz CT molecular complexity index is 1980. The summed E-state index contributed by atoms with van der Waals surface area (Å²) in [5.74, 6) is -0.578. The van der Waals surface area contributed by atoms with Gasteiger partial charge in [-0.2, -0.15) is 0 Å². The van der Waals surface area contributed by atoms with E-state index in [4.69, 9.17) is 18.6 Å². The maximum Gasteiger partial charge on any atom is 0.413 e. The highest BCUT2D eigenvalue weighted by atomic mass is 28.4. The van der Waals surface area contributed by atoms with Gasteiger partial charge >= 0.3 is 18.3 Å². The molecular weight excluding hydrogens is 714 g/mol. The molecule has 5 rings (SSSR count). The summed E-state index contributed by atoms with van der Waals surface area (Å²) in [5, 5.41) is 16.3. The van der Waals surface area contributed by atoms with E-state index < -0.39 is 49.5 Å². The van der Waals surface area contributed by atoms with Crippen LogP contribution >= 0.6 is 0 Å². The quantitative estimate of drug-likeness (QED) is 0.206. The smallest absolute Gasteiger partial charge is 0.413 e. The highest BCUT2D eigenvalue weighted by molar-refractivity contribution is 6.74. The van der Waals surface area contributed by atoms with Crippen molar-refractivity contribution >= 4 is 54.6 Å². The second-order valence-electron chi connectivity index (χ2n) is 18.2. The van der Waals surface area contributed by atoms with Crippen LogP contribution in [0.2, 0.25) is 18.1 Å². The molecule has 0 saturated heterocycles. The lowest BCUT2D eigenvalue weighted by atomic mass is 9.79. The molecule has 1 aliphatic carbocycles. The predicted octanol–water partition coefficient (Wildman–Crippen LogP) is 9.87. The number of rotatable bonds is 6. The van der Waals surface area contributed by atoms with E-state index >= 15 is 4.39 Å². The van der Waals surface area contributed by atoms with Crippen LogP contribution in [0, 0.1) is 18.2 Å². The molecule has 0 radical (unpaired) electrons. The predicted molar refractivity (Wildman–Crippen MR) is 209 cm³/mol. The van der Waals surface area contributed by atoms with Crippen molar-refractivity contribution in [3.05, 3.63) is 35.9 Å². The molecule has 15 heteroatoms. The van der Waals surface area contributed by atoms with Crippen molar-refractivity contribution in [3.8, 4) is 17.0 Å². The first-order valence-corrected chi connectivity index (χ1v) is 21.1. The van der Waals surface area contributed by atoms with Crippen LogP contribution in [0.3, 0.4) is 0 Å². The molecule has 1 aliphatic heterocycles. The molecular formula is C39H54FN5O8Si. The zero-order chi connectivity index (χ0) is 40.3. The van der Waals surface area contributed by atoms with Gasteiger partial charge in [0, 0.05) is 41.7 Å². The molecule has 1 unspecified atom stereocenters. The molecule has 3 N–H and O–H groups in total. The van der Waals surface area contributed by atoms with E-state index in [-0.39, 0.29) is 62.9 Å². The van der Waals surface area contributed by atoms with Crippen LogP contribution < -0.4 is 20.3 Å². The third kappa shape index (κ3) is 8.41. The lowest BCUT2D eigenvalue weighted by Crippen LogP contribution is -2.56. The molecule has 1 saturated carbocycles. The Hall–Kier alpha value is -4.50. The number of hydrogen-bond donors (Lipinski definition) is 3. The average molecular weight is 768 g/mol. The van der Waals surface area contributed by atoms with Gasteiger partial charge in [0.2, 0.25) is 5.88 Å². The maximum absolute atomic E-state index is 16.8. The Morgan fingerprint density at radius 3 is 2.20 bits per heavy atom. The average Bonchev–Trinajstić information content (AvgIpc) is 2.99. The third-order valence-corrected chi connectivity index (χ3v) is 15.0. The summed E-state index contributed by atoms with van der Waals surface area (Å²) in [6.07, 6.45) is 0.746. The zero-order valence-corrected chi connectivity index (χ0v) is 34.6. The lowest BCUT2D eigenvalue weighted by Gasteiger charge is -2.51. The molecule has 2 aromatic heterocycles. The van der Waals surface area contributed by atoms with Gasteiger partial charge in [0.05, 0.1) is 17.3 Å². The highest BCUT2D eigenvalue weighted by Gasteiger charge is 2.50. The molecule has 1 atom stereocenters. The number of ether oxygens (including phenoxy) is 3. The molecule has 0 spiro atoms. The maximum atomic E-state index is 16.8. The summed E-state index contributed by atoms with van der Waals surface area (Å²) in [6, 6.07) is 2.52. The fourth-order valence-electron chi connectivity index (χ4n) is 6.67. The van der Waals surface area contributed by atoms with E-state index in [1.807, 2.05) is 27.7 Å². The van der Waals surface area contributed by atoms with Gasteiger partial charge in [-0.3, -0.25) is 15.5 Å². The zero-order valence-electron chi connectivity index (χ0n) is 33.6. The summed E-state index contributed by atoms with van der Waals surface area (Å²) in [4.78, 5) is 48.7. The normalized spacial score (nSPS) is 20.4. The van der Waals surface area contributed by atoms with E-state index in [0.717, 1.165) is 0 Å². The first-order chi connectivity index (χ1) is 24.7. The number of aromatic nitrogens is 2. The van der Waals surface area contributed by atoms with Gasteiger partial charge in [0.15, 0.2) is 14.1 Å². The Morgan fingerprint density at radius 1 is 0.981 bits per heavy atom. The van der Waals surface area contributed by atoms with E-state index in [0.29, 0.717) is 23.8 Å². The molecule has 2 aliphatic rings. The number of nitrogens with zero attached hydrogens (tertiary/aromatic N) is 3. The van der Waals surface area contributed by atoms with Gasteiger partial charge in [-0.1, -0.05) is 41.5 Å². The van der Waals surface area contributed by atoms with Crippen molar-refractivity contribution in [2.75, 3.05) is 22.1 Å². The van der Waals surface area contributed by atoms with Crippen molar-refractivity contribution in [1.29, 1.82) is 0 Å². The number of halogens is 1. The summed E-state index contributed by atoms with van der Waals surface area (Å²) in [6.45, 7) is 25.5. The van der Waals surface area contributed by atoms with E-state index in [2.05, 4.69) is 54.5 Å². The first kappa shape index (κ1) is 40.7. The number of hydrogen-bond acceptors (Lipinski definition) is 9. The summed E-state index contributed by atoms with van der Waals surface area (Å²) in [5.41, 5.74) is -1.08. The number of amides is 3. The number of fused-ring (bicyclic) bond motifs is 2. The number of carboxylic acid groups (broad SMARTS) is 1. The van der Waals surface area contributed by atoms with Gasteiger partial charge in [-0.05, 0) is 81.2 Å². The molecule has 0 bridgehead atoms. The van der Waals surface area contributed by atoms with Crippen LogP contribution in [-0.4, -0.2) is 71.6 Å².